The molecule has 0 spiro atoms. The third-order valence-corrected chi connectivity index (χ3v) is 3.79. The Morgan fingerprint density at radius 1 is 1.00 bits per heavy atom. The number of hydrogen-bond donors (Lipinski definition) is 0. The van der Waals surface area contributed by atoms with Gasteiger partial charge in [-0.05, 0) is 24.0 Å². The summed E-state index contributed by atoms with van der Waals surface area (Å²) in [5.74, 6) is -0.0605. The monoisotopic (exact) mass is 327 g/mol. The number of nitro benzene ring substituents is 1. The van der Waals surface area contributed by atoms with E-state index in [1.807, 2.05) is 33.8 Å². The molecule has 2 rings (SSSR count). The van der Waals surface area contributed by atoms with Gasteiger partial charge in [0.2, 0.25) is 0 Å². The highest BCUT2D eigenvalue weighted by atomic mass is 16.6. The second-order valence-electron chi connectivity index (χ2n) is 6.28. The van der Waals surface area contributed by atoms with E-state index < -0.39 is 10.9 Å². The molecule has 0 bridgehead atoms. The number of nitro groups is 1. The summed E-state index contributed by atoms with van der Waals surface area (Å²) in [5, 5.41) is 11.2. The van der Waals surface area contributed by atoms with Crippen molar-refractivity contribution in [2.24, 2.45) is 0 Å². The molecule has 0 heterocycles. The summed E-state index contributed by atoms with van der Waals surface area (Å²) >= 11 is 0. The summed E-state index contributed by atoms with van der Waals surface area (Å²) in [6, 6.07) is 11.7. The van der Waals surface area contributed by atoms with Crippen molar-refractivity contribution < 1.29 is 14.5 Å². The van der Waals surface area contributed by atoms with Gasteiger partial charge in [-0.2, -0.15) is 0 Å². The fraction of sp³-hybridized carbons (Fsp3) is 0.316. The molecule has 126 valence electrons. The van der Waals surface area contributed by atoms with Crippen LogP contribution in [0.5, 0.6) is 5.75 Å². The molecule has 0 aliphatic carbocycles. The topological polar surface area (TPSA) is 69.4 Å². The number of ether oxygens (including phenoxy) is 1. The minimum absolute atomic E-state index is 0.0130. The Kier molecular flexibility index (Phi) is 5.34. The molecule has 5 heteroatoms. The lowest BCUT2D eigenvalue weighted by atomic mass is 9.93. The van der Waals surface area contributed by atoms with Gasteiger partial charge in [0.25, 0.3) is 5.69 Å². The number of rotatable bonds is 5. The van der Waals surface area contributed by atoms with Gasteiger partial charge in [0, 0.05) is 23.3 Å². The summed E-state index contributed by atoms with van der Waals surface area (Å²) < 4.78 is 5.66. The SMILES string of the molecule is CC(C)c1cc([N+](=O)[O-])cc(C(C)C)c1OC(=O)c1ccccc1. The number of carbonyl (C=O) groups excluding carboxylic acids is 1. The zero-order chi connectivity index (χ0) is 17.9. The average molecular weight is 327 g/mol. The number of non-ortho nitro benzene ring substituents is 1. The van der Waals surface area contributed by atoms with Crippen LogP contribution in [0.1, 0.15) is 61.0 Å². The fourth-order valence-electron chi connectivity index (χ4n) is 2.46. The maximum atomic E-state index is 12.4. The van der Waals surface area contributed by atoms with Crippen LogP contribution in [0.2, 0.25) is 0 Å². The van der Waals surface area contributed by atoms with Crippen LogP contribution in [0.3, 0.4) is 0 Å². The highest BCUT2D eigenvalue weighted by molar-refractivity contribution is 5.91. The molecule has 0 aliphatic rings. The zero-order valence-corrected chi connectivity index (χ0v) is 14.3. The van der Waals surface area contributed by atoms with Gasteiger partial charge in [-0.25, -0.2) is 4.79 Å². The van der Waals surface area contributed by atoms with Crippen molar-refractivity contribution in [3.63, 3.8) is 0 Å². The van der Waals surface area contributed by atoms with Crippen LogP contribution in [0, 0.1) is 10.1 Å². The van der Waals surface area contributed by atoms with Gasteiger partial charge in [-0.3, -0.25) is 10.1 Å². The van der Waals surface area contributed by atoms with Crippen molar-refractivity contribution in [2.45, 2.75) is 39.5 Å². The lowest BCUT2D eigenvalue weighted by Crippen LogP contribution is -2.13. The lowest BCUT2D eigenvalue weighted by Gasteiger charge is -2.19. The second-order valence-corrected chi connectivity index (χ2v) is 6.28. The summed E-state index contributed by atoms with van der Waals surface area (Å²) in [6.07, 6.45) is 0. The Balaban J connectivity index is 2.54. The zero-order valence-electron chi connectivity index (χ0n) is 14.3. The average Bonchev–Trinajstić information content (AvgIpc) is 2.54. The first kappa shape index (κ1) is 17.7. The van der Waals surface area contributed by atoms with E-state index in [2.05, 4.69) is 0 Å². The highest BCUT2D eigenvalue weighted by Crippen LogP contribution is 2.38. The molecule has 0 N–H and O–H groups in total. The van der Waals surface area contributed by atoms with Crippen molar-refractivity contribution in [1.29, 1.82) is 0 Å². The lowest BCUT2D eigenvalue weighted by molar-refractivity contribution is -0.385. The first-order valence-corrected chi connectivity index (χ1v) is 7.90. The summed E-state index contributed by atoms with van der Waals surface area (Å²) in [6.45, 7) is 7.68. The molecule has 2 aromatic carbocycles. The molecule has 0 atom stereocenters. The summed E-state index contributed by atoms with van der Waals surface area (Å²) in [5.41, 5.74) is 1.79. The van der Waals surface area contributed by atoms with Crippen molar-refractivity contribution in [1.82, 2.24) is 0 Å². The minimum atomic E-state index is -0.465. The summed E-state index contributed by atoms with van der Waals surface area (Å²) in [7, 11) is 0. The van der Waals surface area contributed by atoms with Gasteiger partial charge in [-0.1, -0.05) is 45.9 Å². The van der Waals surface area contributed by atoms with E-state index in [-0.39, 0.29) is 17.5 Å². The van der Waals surface area contributed by atoms with Gasteiger partial charge < -0.3 is 4.74 Å². The van der Waals surface area contributed by atoms with Crippen LogP contribution in [0.15, 0.2) is 42.5 Å². The number of nitrogens with zero attached hydrogens (tertiary/aromatic N) is 1. The molecule has 0 fully saturated rings. The molecular weight excluding hydrogens is 306 g/mol. The van der Waals surface area contributed by atoms with Crippen LogP contribution in [-0.4, -0.2) is 10.9 Å². The van der Waals surface area contributed by atoms with Gasteiger partial charge in [-0.15, -0.1) is 0 Å². The molecule has 0 radical (unpaired) electrons. The Morgan fingerprint density at radius 3 is 1.92 bits per heavy atom. The third kappa shape index (κ3) is 3.79. The maximum Gasteiger partial charge on any atom is 0.343 e. The normalized spacial score (nSPS) is 10.9. The molecule has 0 aromatic heterocycles. The fourth-order valence-corrected chi connectivity index (χ4v) is 2.46. The largest absolute Gasteiger partial charge is 0.422 e. The number of benzene rings is 2. The Morgan fingerprint density at radius 2 is 1.50 bits per heavy atom. The quantitative estimate of drug-likeness (QED) is 0.333. The smallest absolute Gasteiger partial charge is 0.343 e. The van der Waals surface area contributed by atoms with Crippen LogP contribution >= 0.6 is 0 Å². The molecule has 24 heavy (non-hydrogen) atoms. The maximum absolute atomic E-state index is 12.4. The van der Waals surface area contributed by atoms with Gasteiger partial charge in [0.15, 0.2) is 0 Å². The van der Waals surface area contributed by atoms with E-state index in [0.717, 1.165) is 0 Å². The van der Waals surface area contributed by atoms with Gasteiger partial charge in [0.05, 0.1) is 10.5 Å². The molecule has 5 nitrogen and oxygen atoms in total. The predicted molar refractivity (Wildman–Crippen MR) is 92.7 cm³/mol. The number of hydrogen-bond acceptors (Lipinski definition) is 4. The van der Waals surface area contributed by atoms with Crippen molar-refractivity contribution in [3.8, 4) is 5.75 Å². The molecule has 0 unspecified atom stereocenters. The van der Waals surface area contributed by atoms with Crippen LogP contribution in [-0.2, 0) is 0 Å². The molecule has 2 aromatic rings. The molecule has 0 amide bonds. The van der Waals surface area contributed by atoms with Crippen molar-refractivity contribution in [2.75, 3.05) is 0 Å². The number of esters is 1. The standard InChI is InChI=1S/C19H21NO4/c1-12(2)16-10-15(20(22)23)11-17(13(3)4)18(16)24-19(21)14-8-6-5-7-9-14/h5-13H,1-4H3. The van der Waals surface area contributed by atoms with E-state index in [1.165, 1.54) is 12.1 Å². The highest BCUT2D eigenvalue weighted by Gasteiger charge is 2.23. The first-order chi connectivity index (χ1) is 11.3. The van der Waals surface area contributed by atoms with E-state index in [4.69, 9.17) is 4.74 Å². The Hall–Kier alpha value is -2.69. The van der Waals surface area contributed by atoms with Crippen LogP contribution in [0.25, 0.3) is 0 Å². The molecular formula is C19H21NO4. The Labute approximate surface area is 141 Å². The first-order valence-electron chi connectivity index (χ1n) is 7.90. The van der Waals surface area contributed by atoms with E-state index in [0.29, 0.717) is 22.4 Å². The second kappa shape index (κ2) is 7.25. The van der Waals surface area contributed by atoms with E-state index in [1.54, 1.807) is 24.3 Å². The molecule has 0 saturated carbocycles. The Bertz CT molecular complexity index is 722. The summed E-state index contributed by atoms with van der Waals surface area (Å²) in [4.78, 5) is 23.2. The minimum Gasteiger partial charge on any atom is -0.422 e. The van der Waals surface area contributed by atoms with E-state index in [9.17, 15) is 14.9 Å². The van der Waals surface area contributed by atoms with E-state index >= 15 is 0 Å². The predicted octanol–water partition coefficient (Wildman–Crippen LogP) is 5.06. The van der Waals surface area contributed by atoms with Crippen LogP contribution in [0.4, 0.5) is 5.69 Å². The van der Waals surface area contributed by atoms with Gasteiger partial charge in [0.1, 0.15) is 5.75 Å². The molecule has 0 saturated heterocycles. The third-order valence-electron chi connectivity index (χ3n) is 3.79. The van der Waals surface area contributed by atoms with Crippen molar-refractivity contribution in [3.05, 3.63) is 69.3 Å². The van der Waals surface area contributed by atoms with Crippen LogP contribution < -0.4 is 4.74 Å². The molecule has 0 aliphatic heterocycles. The van der Waals surface area contributed by atoms with Gasteiger partial charge >= 0.3 is 5.97 Å². The van der Waals surface area contributed by atoms with Crippen molar-refractivity contribution >= 4 is 11.7 Å². The number of carbonyl (C=O) groups is 1.